The van der Waals surface area contributed by atoms with Crippen LogP contribution in [0, 0.1) is 23.2 Å². The zero-order chi connectivity index (χ0) is 10.8. The molecule has 0 spiro atoms. The molecule has 0 saturated heterocycles. The number of rotatable bonds is 1. The molecule has 0 aromatic heterocycles. The van der Waals surface area contributed by atoms with E-state index in [1.807, 2.05) is 0 Å². The average molecular weight is 188 g/mol. The summed E-state index contributed by atoms with van der Waals surface area (Å²) in [6.07, 6.45) is 14.0. The molecule has 0 aromatic rings. The smallest absolute Gasteiger partial charge is 0.0106 e. The third-order valence-electron chi connectivity index (χ3n) is 3.08. The Hall–Kier alpha value is -0.960. The second kappa shape index (κ2) is 3.65. The molecule has 0 aromatic carbocycles. The molecule has 0 radical (unpaired) electrons. The Morgan fingerprint density at radius 2 is 1.93 bits per heavy atom. The van der Waals surface area contributed by atoms with E-state index in [1.54, 1.807) is 6.08 Å². The van der Waals surface area contributed by atoms with E-state index in [4.69, 9.17) is 6.42 Å². The normalized spacial score (nSPS) is 24.4. The third-order valence-corrected chi connectivity index (χ3v) is 3.08. The molecule has 0 N–H and O–H groups in total. The van der Waals surface area contributed by atoms with Gasteiger partial charge in [0.2, 0.25) is 0 Å². The van der Waals surface area contributed by atoms with Crippen LogP contribution in [0.25, 0.3) is 0 Å². The van der Waals surface area contributed by atoms with E-state index in [2.05, 4.69) is 45.8 Å². The number of hydrogen-bond donors (Lipinski definition) is 0. The minimum absolute atomic E-state index is 0.281. The molecule has 0 heterocycles. The maximum absolute atomic E-state index is 5.24. The molecular weight excluding hydrogens is 168 g/mol. The van der Waals surface area contributed by atoms with Crippen LogP contribution >= 0.6 is 0 Å². The molecule has 1 aliphatic carbocycles. The van der Waals surface area contributed by atoms with Gasteiger partial charge in [0.15, 0.2) is 0 Å². The Balaban J connectivity index is 3.01. The lowest BCUT2D eigenvalue weighted by Gasteiger charge is -2.37. The van der Waals surface area contributed by atoms with Crippen LogP contribution in [0.4, 0.5) is 0 Å². The molecule has 0 saturated carbocycles. The summed E-state index contributed by atoms with van der Waals surface area (Å²) >= 11 is 0. The van der Waals surface area contributed by atoms with Crippen molar-refractivity contribution in [3.05, 3.63) is 23.8 Å². The van der Waals surface area contributed by atoms with Crippen molar-refractivity contribution in [2.75, 3.05) is 0 Å². The van der Waals surface area contributed by atoms with Gasteiger partial charge in [0.05, 0.1) is 0 Å². The molecule has 1 aliphatic rings. The van der Waals surface area contributed by atoms with Crippen LogP contribution in [0.2, 0.25) is 0 Å². The van der Waals surface area contributed by atoms with Crippen LogP contribution in [0.5, 0.6) is 0 Å². The fourth-order valence-electron chi connectivity index (χ4n) is 1.88. The lowest BCUT2D eigenvalue weighted by Crippen LogP contribution is -2.25. The Kier molecular flexibility index (Phi) is 2.90. The molecule has 0 amide bonds. The minimum atomic E-state index is 0.281. The highest BCUT2D eigenvalue weighted by atomic mass is 14.4. The molecule has 1 rings (SSSR count). The SMILES string of the molecule is C#CC=CC1=CC(C)(C)CCC1(C)C. The first-order chi connectivity index (χ1) is 6.37. The largest absolute Gasteiger partial charge is 0.115 e. The van der Waals surface area contributed by atoms with E-state index in [1.165, 1.54) is 18.4 Å². The van der Waals surface area contributed by atoms with Gasteiger partial charge in [0, 0.05) is 0 Å². The van der Waals surface area contributed by atoms with Crippen molar-refractivity contribution >= 4 is 0 Å². The fraction of sp³-hybridized carbons (Fsp3) is 0.571. The van der Waals surface area contributed by atoms with Gasteiger partial charge >= 0.3 is 0 Å². The Morgan fingerprint density at radius 1 is 1.29 bits per heavy atom. The summed E-state index contributed by atoms with van der Waals surface area (Å²) in [5.41, 5.74) is 1.99. The van der Waals surface area contributed by atoms with Gasteiger partial charge in [0.25, 0.3) is 0 Å². The average Bonchev–Trinajstić information content (AvgIpc) is 2.07. The Morgan fingerprint density at radius 3 is 2.50 bits per heavy atom. The highest BCUT2D eigenvalue weighted by Crippen LogP contribution is 2.44. The van der Waals surface area contributed by atoms with Gasteiger partial charge in [0.1, 0.15) is 0 Å². The summed E-state index contributed by atoms with van der Waals surface area (Å²) in [6, 6.07) is 0. The van der Waals surface area contributed by atoms with E-state index in [9.17, 15) is 0 Å². The van der Waals surface area contributed by atoms with Gasteiger partial charge in [-0.1, -0.05) is 45.8 Å². The van der Waals surface area contributed by atoms with E-state index < -0.39 is 0 Å². The maximum Gasteiger partial charge on any atom is -0.0106 e. The Bertz CT molecular complexity index is 305. The molecule has 0 atom stereocenters. The zero-order valence-corrected chi connectivity index (χ0v) is 9.72. The van der Waals surface area contributed by atoms with Gasteiger partial charge in [-0.2, -0.15) is 0 Å². The van der Waals surface area contributed by atoms with E-state index in [0.717, 1.165) is 0 Å². The van der Waals surface area contributed by atoms with Gasteiger partial charge in [-0.15, -0.1) is 6.42 Å². The van der Waals surface area contributed by atoms with Gasteiger partial charge in [-0.25, -0.2) is 0 Å². The molecule has 0 nitrogen and oxygen atoms in total. The second-order valence-electron chi connectivity index (χ2n) is 5.47. The molecule has 0 heteroatoms. The van der Waals surface area contributed by atoms with Crippen LogP contribution in [0.3, 0.4) is 0 Å². The fourth-order valence-corrected chi connectivity index (χ4v) is 1.88. The molecule has 76 valence electrons. The van der Waals surface area contributed by atoms with Crippen molar-refractivity contribution in [1.29, 1.82) is 0 Å². The molecule has 0 aliphatic heterocycles. The van der Waals surface area contributed by atoms with Crippen molar-refractivity contribution < 1.29 is 0 Å². The van der Waals surface area contributed by atoms with Gasteiger partial charge in [-0.05, 0) is 35.3 Å². The first-order valence-corrected chi connectivity index (χ1v) is 5.23. The standard InChI is InChI=1S/C14H20/c1-6-7-8-12-11-13(2,3)9-10-14(12,4)5/h1,7-8,11H,9-10H2,2-5H3. The monoisotopic (exact) mass is 188 g/mol. The number of hydrogen-bond acceptors (Lipinski definition) is 0. The van der Waals surface area contributed by atoms with Gasteiger partial charge in [-0.3, -0.25) is 0 Å². The predicted octanol–water partition coefficient (Wildman–Crippen LogP) is 3.95. The van der Waals surface area contributed by atoms with Gasteiger partial charge < -0.3 is 0 Å². The first-order valence-electron chi connectivity index (χ1n) is 5.23. The topological polar surface area (TPSA) is 0 Å². The van der Waals surface area contributed by atoms with Crippen molar-refractivity contribution in [2.45, 2.75) is 40.5 Å². The zero-order valence-electron chi connectivity index (χ0n) is 9.72. The first kappa shape index (κ1) is 11.1. The van der Waals surface area contributed by atoms with E-state index in [0.29, 0.717) is 5.41 Å². The molecule has 0 fully saturated rings. The maximum atomic E-state index is 5.24. The second-order valence-corrected chi connectivity index (χ2v) is 5.47. The van der Waals surface area contributed by atoms with Crippen molar-refractivity contribution in [2.24, 2.45) is 10.8 Å². The highest BCUT2D eigenvalue weighted by molar-refractivity contribution is 5.32. The Labute approximate surface area is 88.1 Å². The summed E-state index contributed by atoms with van der Waals surface area (Å²) in [5.74, 6) is 2.56. The van der Waals surface area contributed by atoms with Crippen LogP contribution in [0.15, 0.2) is 23.8 Å². The van der Waals surface area contributed by atoms with Crippen LogP contribution in [-0.4, -0.2) is 0 Å². The van der Waals surface area contributed by atoms with Crippen molar-refractivity contribution in [1.82, 2.24) is 0 Å². The molecular formula is C14H20. The minimum Gasteiger partial charge on any atom is -0.115 e. The lowest BCUT2D eigenvalue weighted by molar-refractivity contribution is 0.286. The lowest BCUT2D eigenvalue weighted by atomic mass is 9.67. The van der Waals surface area contributed by atoms with Crippen LogP contribution < -0.4 is 0 Å². The van der Waals surface area contributed by atoms with Crippen LogP contribution in [-0.2, 0) is 0 Å². The summed E-state index contributed by atoms with van der Waals surface area (Å²) in [7, 11) is 0. The van der Waals surface area contributed by atoms with E-state index >= 15 is 0 Å². The quantitative estimate of drug-likeness (QED) is 0.547. The third kappa shape index (κ3) is 2.51. The summed E-state index contributed by atoms with van der Waals surface area (Å²) in [4.78, 5) is 0. The van der Waals surface area contributed by atoms with Crippen molar-refractivity contribution in [3.63, 3.8) is 0 Å². The van der Waals surface area contributed by atoms with Crippen molar-refractivity contribution in [3.8, 4) is 12.3 Å². The summed E-state index contributed by atoms with van der Waals surface area (Å²) in [6.45, 7) is 9.14. The number of terminal acetylenes is 1. The molecule has 14 heavy (non-hydrogen) atoms. The highest BCUT2D eigenvalue weighted by Gasteiger charge is 2.31. The predicted molar refractivity (Wildman–Crippen MR) is 62.9 cm³/mol. The molecule has 0 bridgehead atoms. The van der Waals surface area contributed by atoms with E-state index in [-0.39, 0.29) is 5.41 Å². The van der Waals surface area contributed by atoms with Crippen LogP contribution in [0.1, 0.15) is 40.5 Å². The number of allylic oxidation sites excluding steroid dienone is 4. The molecule has 0 unspecified atom stereocenters. The summed E-state index contributed by atoms with van der Waals surface area (Å²) < 4.78 is 0. The summed E-state index contributed by atoms with van der Waals surface area (Å²) in [5, 5.41) is 0.